The maximum atomic E-state index is 12.4. The van der Waals surface area contributed by atoms with Crippen LogP contribution in [0.5, 0.6) is 11.5 Å². The van der Waals surface area contributed by atoms with Crippen LogP contribution in [0.25, 0.3) is 11.5 Å². The standard InChI is InChI=1S/C17H15N3O5S/c1-9-12(5-6-22-9)16-19-20-17(25-16)26-10(2)15(21)18-11-3-4-13-14(7-11)24-8-23-13/h3-7,10H,8H2,1-2H3,(H,18,21). The highest BCUT2D eigenvalue weighted by Gasteiger charge is 2.21. The molecule has 8 nitrogen and oxygen atoms in total. The highest BCUT2D eigenvalue weighted by Crippen LogP contribution is 2.34. The molecule has 0 aliphatic carbocycles. The summed E-state index contributed by atoms with van der Waals surface area (Å²) in [4.78, 5) is 12.4. The minimum absolute atomic E-state index is 0.187. The number of nitrogens with zero attached hydrogens (tertiary/aromatic N) is 2. The van der Waals surface area contributed by atoms with E-state index in [0.717, 1.165) is 5.56 Å². The average Bonchev–Trinajstić information content (AvgIpc) is 3.34. The van der Waals surface area contributed by atoms with Gasteiger partial charge in [0.25, 0.3) is 11.1 Å². The van der Waals surface area contributed by atoms with Crippen LogP contribution < -0.4 is 14.8 Å². The molecule has 1 N–H and O–H groups in total. The second-order valence-corrected chi connectivity index (χ2v) is 6.87. The van der Waals surface area contributed by atoms with Gasteiger partial charge in [-0.15, -0.1) is 10.2 Å². The van der Waals surface area contributed by atoms with Crippen molar-refractivity contribution in [2.45, 2.75) is 24.3 Å². The van der Waals surface area contributed by atoms with Crippen molar-refractivity contribution in [2.24, 2.45) is 0 Å². The summed E-state index contributed by atoms with van der Waals surface area (Å²) in [5.41, 5.74) is 1.37. The molecule has 3 aromatic rings. The highest BCUT2D eigenvalue weighted by atomic mass is 32.2. The van der Waals surface area contributed by atoms with Gasteiger partial charge < -0.3 is 23.6 Å². The third-order valence-electron chi connectivity index (χ3n) is 3.78. The number of nitrogens with one attached hydrogen (secondary N) is 1. The number of benzene rings is 1. The summed E-state index contributed by atoms with van der Waals surface area (Å²) in [7, 11) is 0. The number of amides is 1. The second kappa shape index (κ2) is 6.75. The van der Waals surface area contributed by atoms with E-state index in [1.807, 2.05) is 6.92 Å². The van der Waals surface area contributed by atoms with E-state index in [9.17, 15) is 4.79 Å². The zero-order valence-corrected chi connectivity index (χ0v) is 14.8. The van der Waals surface area contributed by atoms with Gasteiger partial charge in [-0.2, -0.15) is 0 Å². The zero-order valence-electron chi connectivity index (χ0n) is 14.0. The van der Waals surface area contributed by atoms with Gasteiger partial charge >= 0.3 is 0 Å². The second-order valence-electron chi connectivity index (χ2n) is 5.58. The molecule has 1 unspecified atom stereocenters. The lowest BCUT2D eigenvalue weighted by molar-refractivity contribution is -0.115. The number of aromatic nitrogens is 2. The number of carbonyl (C=O) groups is 1. The Balaban J connectivity index is 1.40. The molecule has 2 aromatic heterocycles. The van der Waals surface area contributed by atoms with Crippen LogP contribution >= 0.6 is 11.8 Å². The van der Waals surface area contributed by atoms with E-state index in [2.05, 4.69) is 15.5 Å². The number of hydrogen-bond donors (Lipinski definition) is 1. The number of anilines is 1. The van der Waals surface area contributed by atoms with Gasteiger partial charge in [0.1, 0.15) is 5.76 Å². The average molecular weight is 373 g/mol. The van der Waals surface area contributed by atoms with Crippen LogP contribution in [0.4, 0.5) is 5.69 Å². The summed E-state index contributed by atoms with van der Waals surface area (Å²) in [5, 5.41) is 10.7. The molecule has 134 valence electrons. The Morgan fingerprint density at radius 3 is 2.88 bits per heavy atom. The molecule has 0 saturated carbocycles. The monoisotopic (exact) mass is 373 g/mol. The number of carbonyl (C=O) groups excluding carboxylic acids is 1. The molecule has 1 aliphatic heterocycles. The Kier molecular flexibility index (Phi) is 4.29. The van der Waals surface area contributed by atoms with E-state index in [4.69, 9.17) is 18.3 Å². The van der Waals surface area contributed by atoms with Crippen molar-refractivity contribution in [2.75, 3.05) is 12.1 Å². The van der Waals surface area contributed by atoms with Crippen molar-refractivity contribution >= 4 is 23.4 Å². The van der Waals surface area contributed by atoms with Crippen molar-refractivity contribution in [3.05, 3.63) is 36.3 Å². The Labute approximate surface area is 152 Å². The van der Waals surface area contributed by atoms with E-state index in [-0.39, 0.29) is 12.7 Å². The van der Waals surface area contributed by atoms with Gasteiger partial charge in [0.15, 0.2) is 11.5 Å². The third-order valence-corrected chi connectivity index (χ3v) is 4.72. The molecule has 0 fully saturated rings. The summed E-state index contributed by atoms with van der Waals surface area (Å²) >= 11 is 1.18. The fourth-order valence-corrected chi connectivity index (χ4v) is 3.08. The minimum Gasteiger partial charge on any atom is -0.469 e. The van der Waals surface area contributed by atoms with Gasteiger partial charge in [0, 0.05) is 11.8 Å². The number of rotatable bonds is 5. The smallest absolute Gasteiger partial charge is 0.277 e. The van der Waals surface area contributed by atoms with E-state index >= 15 is 0 Å². The van der Waals surface area contributed by atoms with Crippen molar-refractivity contribution in [1.82, 2.24) is 10.2 Å². The molecule has 26 heavy (non-hydrogen) atoms. The summed E-state index contributed by atoms with van der Waals surface area (Å²) in [6, 6.07) is 7.00. The number of furan rings is 1. The first-order valence-electron chi connectivity index (χ1n) is 7.85. The Hall–Kier alpha value is -2.94. The van der Waals surface area contributed by atoms with Crippen molar-refractivity contribution in [3.63, 3.8) is 0 Å². The lowest BCUT2D eigenvalue weighted by atomic mass is 10.2. The van der Waals surface area contributed by atoms with E-state index in [0.29, 0.717) is 34.1 Å². The lowest BCUT2D eigenvalue weighted by Gasteiger charge is -2.10. The SMILES string of the molecule is Cc1occc1-c1nnc(SC(C)C(=O)Nc2ccc3c(c2)OCO3)o1. The van der Waals surface area contributed by atoms with E-state index in [1.165, 1.54) is 11.8 Å². The molecule has 0 saturated heterocycles. The number of thioether (sulfide) groups is 1. The highest BCUT2D eigenvalue weighted by molar-refractivity contribution is 8.00. The topological polar surface area (TPSA) is 99.6 Å². The molecule has 0 radical (unpaired) electrons. The molecule has 0 spiro atoms. The summed E-state index contributed by atoms with van der Waals surface area (Å²) in [6.07, 6.45) is 1.56. The van der Waals surface area contributed by atoms with Crippen LogP contribution in [0.3, 0.4) is 0 Å². The lowest BCUT2D eigenvalue weighted by Crippen LogP contribution is -2.22. The maximum absolute atomic E-state index is 12.4. The van der Waals surface area contributed by atoms with Crippen LogP contribution in [0.1, 0.15) is 12.7 Å². The maximum Gasteiger partial charge on any atom is 0.277 e. The molecule has 0 bridgehead atoms. The van der Waals surface area contributed by atoms with Gasteiger partial charge in [0.05, 0.1) is 17.1 Å². The molecule has 4 rings (SSSR count). The van der Waals surface area contributed by atoms with E-state index < -0.39 is 5.25 Å². The largest absolute Gasteiger partial charge is 0.469 e. The van der Waals surface area contributed by atoms with Crippen LogP contribution in [0.2, 0.25) is 0 Å². The van der Waals surface area contributed by atoms with Crippen molar-refractivity contribution in [1.29, 1.82) is 0 Å². The Morgan fingerprint density at radius 1 is 1.23 bits per heavy atom. The molecule has 1 aromatic carbocycles. The van der Waals surface area contributed by atoms with Gasteiger partial charge in [-0.3, -0.25) is 4.79 Å². The molecule has 1 atom stereocenters. The fraction of sp³-hybridized carbons (Fsp3) is 0.235. The number of aryl methyl sites for hydroxylation is 1. The van der Waals surface area contributed by atoms with Crippen LogP contribution in [0, 0.1) is 6.92 Å². The van der Waals surface area contributed by atoms with E-state index in [1.54, 1.807) is 37.5 Å². The van der Waals surface area contributed by atoms with Crippen molar-refractivity contribution in [3.8, 4) is 23.0 Å². The van der Waals surface area contributed by atoms with Crippen LogP contribution in [0.15, 0.2) is 44.6 Å². The predicted molar refractivity (Wildman–Crippen MR) is 93.3 cm³/mol. The number of fused-ring (bicyclic) bond motifs is 1. The Bertz CT molecular complexity index is 952. The number of hydrogen-bond acceptors (Lipinski definition) is 8. The van der Waals surface area contributed by atoms with Gasteiger partial charge in [-0.05, 0) is 32.0 Å². The summed E-state index contributed by atoms with van der Waals surface area (Å²) in [5.74, 6) is 2.15. The van der Waals surface area contributed by atoms with Gasteiger partial charge in [-0.1, -0.05) is 11.8 Å². The van der Waals surface area contributed by atoms with Crippen molar-refractivity contribution < 1.29 is 23.1 Å². The van der Waals surface area contributed by atoms with Crippen LogP contribution in [-0.4, -0.2) is 28.1 Å². The Morgan fingerprint density at radius 2 is 2.08 bits per heavy atom. The quantitative estimate of drug-likeness (QED) is 0.679. The molecular formula is C17H15N3O5S. The third kappa shape index (κ3) is 3.25. The van der Waals surface area contributed by atoms with Crippen LogP contribution in [-0.2, 0) is 4.79 Å². The summed E-state index contributed by atoms with van der Waals surface area (Å²) in [6.45, 7) is 3.77. The van der Waals surface area contributed by atoms with Gasteiger partial charge in [-0.25, -0.2) is 0 Å². The first-order valence-corrected chi connectivity index (χ1v) is 8.73. The molecule has 9 heteroatoms. The molecule has 1 amide bonds. The fourth-order valence-electron chi connectivity index (χ4n) is 2.40. The number of ether oxygens (including phenoxy) is 2. The molecular weight excluding hydrogens is 358 g/mol. The normalized spacial score (nSPS) is 13.6. The zero-order chi connectivity index (χ0) is 18.1. The summed E-state index contributed by atoms with van der Waals surface area (Å²) < 4.78 is 21.4. The van der Waals surface area contributed by atoms with Gasteiger partial charge in [0.2, 0.25) is 12.7 Å². The minimum atomic E-state index is -0.431. The molecule has 3 heterocycles. The first kappa shape index (κ1) is 16.5. The first-order chi connectivity index (χ1) is 12.6. The predicted octanol–water partition coefficient (Wildman–Crippen LogP) is 3.49. The molecule has 1 aliphatic rings.